The van der Waals surface area contributed by atoms with E-state index in [2.05, 4.69) is 15.9 Å². The predicted molar refractivity (Wildman–Crippen MR) is 72.3 cm³/mol. The van der Waals surface area contributed by atoms with Crippen molar-refractivity contribution in [3.8, 4) is 11.5 Å². The van der Waals surface area contributed by atoms with E-state index in [4.69, 9.17) is 9.84 Å². The molecule has 1 N–H and O–H groups in total. The molecule has 0 heterocycles. The minimum atomic E-state index is -1.23. The summed E-state index contributed by atoms with van der Waals surface area (Å²) in [6, 6.07) is 8.99. The fourth-order valence-corrected chi connectivity index (χ4v) is 2.09. The Balaban J connectivity index is 2.46. The molecule has 2 aromatic carbocycles. The maximum absolute atomic E-state index is 13.7. The zero-order chi connectivity index (χ0) is 14.0. The molecule has 0 aliphatic heterocycles. The first-order valence-corrected chi connectivity index (χ1v) is 6.24. The molecule has 0 aromatic heterocycles. The summed E-state index contributed by atoms with van der Waals surface area (Å²) in [5.41, 5.74) is 0.566. The largest absolute Gasteiger partial charge is 0.478 e. The molecule has 0 aliphatic rings. The second-order valence-corrected chi connectivity index (χ2v) is 4.85. The van der Waals surface area contributed by atoms with Gasteiger partial charge < -0.3 is 9.84 Å². The number of carboxylic acids is 1. The SMILES string of the molecule is Cc1cc(Br)ccc1Oc1c(F)cccc1C(=O)O. The molecular weight excluding hydrogens is 315 g/mol. The van der Waals surface area contributed by atoms with Gasteiger partial charge in [0.25, 0.3) is 0 Å². The van der Waals surface area contributed by atoms with Crippen molar-refractivity contribution < 1.29 is 19.0 Å². The van der Waals surface area contributed by atoms with Gasteiger partial charge in [0, 0.05) is 4.47 Å². The lowest BCUT2D eigenvalue weighted by molar-refractivity contribution is 0.0693. The van der Waals surface area contributed by atoms with Gasteiger partial charge in [0.1, 0.15) is 11.3 Å². The highest BCUT2D eigenvalue weighted by Gasteiger charge is 2.17. The van der Waals surface area contributed by atoms with Crippen LogP contribution < -0.4 is 4.74 Å². The molecule has 0 bridgehead atoms. The minimum absolute atomic E-state index is 0.206. The van der Waals surface area contributed by atoms with E-state index in [1.807, 2.05) is 0 Å². The van der Waals surface area contributed by atoms with Crippen LogP contribution in [0, 0.1) is 12.7 Å². The topological polar surface area (TPSA) is 46.5 Å². The van der Waals surface area contributed by atoms with Crippen LogP contribution in [0.3, 0.4) is 0 Å². The maximum Gasteiger partial charge on any atom is 0.339 e. The molecule has 2 rings (SSSR count). The van der Waals surface area contributed by atoms with Crippen molar-refractivity contribution in [1.82, 2.24) is 0 Å². The Labute approximate surface area is 117 Å². The van der Waals surface area contributed by atoms with E-state index in [9.17, 15) is 9.18 Å². The monoisotopic (exact) mass is 324 g/mol. The van der Waals surface area contributed by atoms with Crippen molar-refractivity contribution in [3.63, 3.8) is 0 Å². The third-order valence-corrected chi connectivity index (χ3v) is 3.04. The molecule has 3 nitrogen and oxygen atoms in total. The smallest absolute Gasteiger partial charge is 0.339 e. The molecule has 0 amide bonds. The number of aryl methyl sites for hydroxylation is 1. The first-order valence-electron chi connectivity index (χ1n) is 5.45. The molecule has 0 fully saturated rings. The Morgan fingerprint density at radius 2 is 2.05 bits per heavy atom. The van der Waals surface area contributed by atoms with Gasteiger partial charge in [0.05, 0.1) is 0 Å². The number of halogens is 2. The van der Waals surface area contributed by atoms with Gasteiger partial charge in [0.15, 0.2) is 11.6 Å². The molecule has 5 heteroatoms. The second kappa shape index (κ2) is 5.40. The van der Waals surface area contributed by atoms with Crippen molar-refractivity contribution in [1.29, 1.82) is 0 Å². The fourth-order valence-electron chi connectivity index (χ4n) is 1.62. The maximum atomic E-state index is 13.7. The number of aromatic carboxylic acids is 1. The molecule has 0 radical (unpaired) electrons. The van der Waals surface area contributed by atoms with Crippen molar-refractivity contribution in [2.45, 2.75) is 6.92 Å². The number of rotatable bonds is 3. The number of carbonyl (C=O) groups is 1. The normalized spacial score (nSPS) is 10.3. The van der Waals surface area contributed by atoms with E-state index in [-0.39, 0.29) is 11.3 Å². The van der Waals surface area contributed by atoms with Gasteiger partial charge in [-0.25, -0.2) is 9.18 Å². The van der Waals surface area contributed by atoms with Crippen LogP contribution in [0.15, 0.2) is 40.9 Å². The van der Waals surface area contributed by atoms with Gasteiger partial charge in [-0.2, -0.15) is 0 Å². The highest BCUT2D eigenvalue weighted by Crippen LogP contribution is 2.31. The number of benzene rings is 2. The number of hydrogen-bond donors (Lipinski definition) is 1. The fraction of sp³-hybridized carbons (Fsp3) is 0.0714. The van der Waals surface area contributed by atoms with Crippen LogP contribution in [0.5, 0.6) is 11.5 Å². The van der Waals surface area contributed by atoms with Crippen molar-refractivity contribution in [3.05, 3.63) is 57.8 Å². The molecule has 0 saturated heterocycles. The number of para-hydroxylation sites is 1. The number of hydrogen-bond acceptors (Lipinski definition) is 2. The lowest BCUT2D eigenvalue weighted by Gasteiger charge is -2.11. The Hall–Kier alpha value is -1.88. The molecule has 98 valence electrons. The van der Waals surface area contributed by atoms with E-state index in [1.54, 1.807) is 25.1 Å². The van der Waals surface area contributed by atoms with Crippen molar-refractivity contribution in [2.75, 3.05) is 0 Å². The van der Waals surface area contributed by atoms with Crippen LogP contribution >= 0.6 is 15.9 Å². The van der Waals surface area contributed by atoms with Crippen LogP contribution in [-0.2, 0) is 0 Å². The van der Waals surface area contributed by atoms with Gasteiger partial charge in [0.2, 0.25) is 0 Å². The zero-order valence-electron chi connectivity index (χ0n) is 9.98. The van der Waals surface area contributed by atoms with Crippen LogP contribution in [0.25, 0.3) is 0 Å². The van der Waals surface area contributed by atoms with Gasteiger partial charge in [-0.3, -0.25) is 0 Å². The first kappa shape index (κ1) is 13.5. The lowest BCUT2D eigenvalue weighted by atomic mass is 10.2. The minimum Gasteiger partial charge on any atom is -0.478 e. The van der Waals surface area contributed by atoms with E-state index in [0.29, 0.717) is 5.75 Å². The van der Waals surface area contributed by atoms with E-state index >= 15 is 0 Å². The quantitative estimate of drug-likeness (QED) is 0.910. The van der Waals surface area contributed by atoms with Crippen molar-refractivity contribution >= 4 is 21.9 Å². The zero-order valence-corrected chi connectivity index (χ0v) is 11.6. The Morgan fingerprint density at radius 3 is 2.68 bits per heavy atom. The van der Waals surface area contributed by atoms with Crippen LogP contribution in [0.2, 0.25) is 0 Å². The molecule has 2 aromatic rings. The third kappa shape index (κ3) is 2.93. The van der Waals surface area contributed by atoms with Gasteiger partial charge >= 0.3 is 5.97 Å². The molecule has 0 spiro atoms. The molecule has 19 heavy (non-hydrogen) atoms. The van der Waals surface area contributed by atoms with Gasteiger partial charge in [-0.05, 0) is 42.8 Å². The molecule has 0 atom stereocenters. The molecular formula is C14H10BrFO3. The third-order valence-electron chi connectivity index (χ3n) is 2.55. The Morgan fingerprint density at radius 1 is 1.32 bits per heavy atom. The second-order valence-electron chi connectivity index (χ2n) is 3.93. The van der Waals surface area contributed by atoms with Crippen LogP contribution in [0.1, 0.15) is 15.9 Å². The summed E-state index contributed by atoms with van der Waals surface area (Å²) in [5.74, 6) is -1.80. The summed E-state index contributed by atoms with van der Waals surface area (Å²) >= 11 is 3.31. The molecule has 0 aliphatic carbocycles. The highest BCUT2D eigenvalue weighted by atomic mass is 79.9. The van der Waals surface area contributed by atoms with Crippen LogP contribution in [0.4, 0.5) is 4.39 Å². The Bertz CT molecular complexity index is 641. The summed E-state index contributed by atoms with van der Waals surface area (Å²) in [6.45, 7) is 1.79. The first-order chi connectivity index (χ1) is 8.99. The summed E-state index contributed by atoms with van der Waals surface area (Å²) in [7, 11) is 0. The van der Waals surface area contributed by atoms with Crippen LogP contribution in [-0.4, -0.2) is 11.1 Å². The van der Waals surface area contributed by atoms with E-state index in [1.165, 1.54) is 12.1 Å². The molecule has 0 saturated carbocycles. The van der Waals surface area contributed by atoms with Gasteiger partial charge in [-0.1, -0.05) is 22.0 Å². The summed E-state index contributed by atoms with van der Waals surface area (Å²) in [6.07, 6.45) is 0. The average molecular weight is 325 g/mol. The number of ether oxygens (including phenoxy) is 1. The predicted octanol–water partition coefficient (Wildman–Crippen LogP) is 4.39. The summed E-state index contributed by atoms with van der Waals surface area (Å²) < 4.78 is 20.0. The number of carboxylic acid groups (broad SMARTS) is 1. The standard InChI is InChI=1S/C14H10BrFO3/c1-8-7-9(15)5-6-12(8)19-13-10(14(17)18)3-2-4-11(13)16/h2-7H,1H3,(H,17,18). The van der Waals surface area contributed by atoms with Crippen molar-refractivity contribution in [2.24, 2.45) is 0 Å². The summed E-state index contributed by atoms with van der Waals surface area (Å²) in [5, 5.41) is 9.03. The molecule has 0 unspecified atom stereocenters. The Kier molecular flexibility index (Phi) is 3.85. The van der Waals surface area contributed by atoms with E-state index in [0.717, 1.165) is 16.1 Å². The highest BCUT2D eigenvalue weighted by molar-refractivity contribution is 9.10. The average Bonchev–Trinajstić information content (AvgIpc) is 2.34. The lowest BCUT2D eigenvalue weighted by Crippen LogP contribution is -2.02. The summed E-state index contributed by atoms with van der Waals surface area (Å²) in [4.78, 5) is 11.0. The van der Waals surface area contributed by atoms with E-state index < -0.39 is 11.8 Å². The van der Waals surface area contributed by atoms with Gasteiger partial charge in [-0.15, -0.1) is 0 Å².